The van der Waals surface area contributed by atoms with Crippen molar-refractivity contribution < 1.29 is 14.3 Å². The van der Waals surface area contributed by atoms with Gasteiger partial charge in [-0.2, -0.15) is 0 Å². The Balaban J connectivity index is 2.40. The Labute approximate surface area is 112 Å². The van der Waals surface area contributed by atoms with Gasteiger partial charge >= 0.3 is 0 Å². The number of carbonyl (C=O) groups excluding carboxylic acids is 2. The average molecular weight is 262 g/mol. The summed E-state index contributed by atoms with van der Waals surface area (Å²) in [6.07, 6.45) is 0. The van der Waals surface area contributed by atoms with Crippen molar-refractivity contribution in [2.45, 2.75) is 12.5 Å². The first-order chi connectivity index (χ1) is 9.10. The van der Waals surface area contributed by atoms with Gasteiger partial charge in [0, 0.05) is 13.7 Å². The molecule has 1 saturated heterocycles. The molecular formula is C14H18N2O3. The molecule has 5 heteroatoms. The minimum absolute atomic E-state index is 0.0466. The molecule has 1 aliphatic heterocycles. The van der Waals surface area contributed by atoms with Gasteiger partial charge in [0.25, 0.3) is 5.91 Å². The molecule has 5 nitrogen and oxygen atoms in total. The minimum Gasteiger partial charge on any atom is -0.383 e. The summed E-state index contributed by atoms with van der Waals surface area (Å²) in [6, 6.07) is 9.33. The Kier molecular flexibility index (Phi) is 3.85. The molecule has 1 aromatic rings. The number of piperazine rings is 1. The Morgan fingerprint density at radius 1 is 1.32 bits per heavy atom. The molecule has 102 valence electrons. The third-order valence-corrected chi connectivity index (χ3v) is 3.54. The van der Waals surface area contributed by atoms with Gasteiger partial charge in [-0.1, -0.05) is 30.3 Å². The highest BCUT2D eigenvalue weighted by Crippen LogP contribution is 2.30. The van der Waals surface area contributed by atoms with E-state index in [0.29, 0.717) is 13.2 Å². The van der Waals surface area contributed by atoms with Gasteiger partial charge in [0.15, 0.2) is 0 Å². The molecule has 0 spiro atoms. The van der Waals surface area contributed by atoms with Crippen LogP contribution in [0.1, 0.15) is 12.5 Å². The predicted octanol–water partition coefficient (Wildman–Crippen LogP) is 0.507. The second-order valence-electron chi connectivity index (χ2n) is 4.66. The Bertz CT molecular complexity index is 475. The zero-order valence-electron chi connectivity index (χ0n) is 11.2. The summed E-state index contributed by atoms with van der Waals surface area (Å²) in [5.41, 5.74) is -0.175. The molecule has 0 radical (unpaired) electrons. The highest BCUT2D eigenvalue weighted by molar-refractivity contribution is 5.98. The van der Waals surface area contributed by atoms with Crippen molar-refractivity contribution in [1.82, 2.24) is 10.2 Å². The molecule has 1 unspecified atom stereocenters. The smallest absolute Gasteiger partial charge is 0.250 e. The van der Waals surface area contributed by atoms with Crippen LogP contribution in [-0.2, 0) is 19.9 Å². The summed E-state index contributed by atoms with van der Waals surface area (Å²) in [4.78, 5) is 26.0. The number of benzene rings is 1. The highest BCUT2D eigenvalue weighted by Gasteiger charge is 2.46. The van der Waals surface area contributed by atoms with Crippen molar-refractivity contribution in [3.63, 3.8) is 0 Å². The topological polar surface area (TPSA) is 58.6 Å². The Morgan fingerprint density at radius 3 is 2.63 bits per heavy atom. The van der Waals surface area contributed by atoms with E-state index < -0.39 is 5.54 Å². The first-order valence-electron chi connectivity index (χ1n) is 6.24. The molecule has 1 heterocycles. The molecule has 2 rings (SSSR count). The van der Waals surface area contributed by atoms with E-state index in [2.05, 4.69) is 5.32 Å². The molecule has 19 heavy (non-hydrogen) atoms. The Morgan fingerprint density at radius 2 is 2.00 bits per heavy atom. The van der Waals surface area contributed by atoms with Crippen LogP contribution in [0.15, 0.2) is 30.3 Å². The zero-order chi connectivity index (χ0) is 13.9. The molecule has 1 aliphatic rings. The summed E-state index contributed by atoms with van der Waals surface area (Å²) in [7, 11) is 1.58. The lowest BCUT2D eigenvalue weighted by Crippen LogP contribution is -2.64. The van der Waals surface area contributed by atoms with E-state index in [1.165, 1.54) is 0 Å². The number of ether oxygens (including phenoxy) is 1. The number of hydrogen-bond donors (Lipinski definition) is 1. The van der Waals surface area contributed by atoms with Crippen molar-refractivity contribution in [2.24, 2.45) is 0 Å². The fourth-order valence-corrected chi connectivity index (χ4v) is 2.38. The van der Waals surface area contributed by atoms with Gasteiger partial charge < -0.3 is 15.0 Å². The maximum absolute atomic E-state index is 12.3. The van der Waals surface area contributed by atoms with Gasteiger partial charge in [-0.15, -0.1) is 0 Å². The van der Waals surface area contributed by atoms with E-state index in [-0.39, 0.29) is 18.4 Å². The van der Waals surface area contributed by atoms with E-state index in [1.54, 1.807) is 18.9 Å². The molecular weight excluding hydrogens is 244 g/mol. The second-order valence-corrected chi connectivity index (χ2v) is 4.66. The molecule has 1 N–H and O–H groups in total. The van der Waals surface area contributed by atoms with Crippen LogP contribution in [0.5, 0.6) is 0 Å². The maximum Gasteiger partial charge on any atom is 0.250 e. The normalized spacial score (nSPS) is 23.4. The molecule has 1 aromatic carbocycles. The van der Waals surface area contributed by atoms with E-state index in [4.69, 9.17) is 4.74 Å². The number of hydrogen-bond acceptors (Lipinski definition) is 3. The lowest BCUT2D eigenvalue weighted by atomic mass is 9.87. The standard InChI is InChI=1S/C14H18N2O3/c1-14(11-6-4-3-5-7-11)13(18)15-10-12(17)16(14)8-9-19-2/h3-7H,8-10H2,1-2H3,(H,15,18). The van der Waals surface area contributed by atoms with Crippen LogP contribution >= 0.6 is 0 Å². The number of amides is 2. The summed E-state index contributed by atoms with van der Waals surface area (Å²) >= 11 is 0. The molecule has 0 saturated carbocycles. The maximum atomic E-state index is 12.3. The molecule has 1 atom stereocenters. The van der Waals surface area contributed by atoms with Crippen molar-refractivity contribution in [3.05, 3.63) is 35.9 Å². The van der Waals surface area contributed by atoms with Gasteiger partial charge in [0.2, 0.25) is 5.91 Å². The SMILES string of the molecule is COCCN1C(=O)CNC(=O)C1(C)c1ccccc1. The van der Waals surface area contributed by atoms with E-state index in [0.717, 1.165) is 5.56 Å². The summed E-state index contributed by atoms with van der Waals surface area (Å²) < 4.78 is 5.03. The number of carbonyl (C=O) groups is 2. The summed E-state index contributed by atoms with van der Waals surface area (Å²) in [5, 5.41) is 2.66. The highest BCUT2D eigenvalue weighted by atomic mass is 16.5. The van der Waals surface area contributed by atoms with Crippen LogP contribution in [0.3, 0.4) is 0 Å². The first kappa shape index (κ1) is 13.5. The van der Waals surface area contributed by atoms with Crippen LogP contribution in [-0.4, -0.2) is 43.5 Å². The molecule has 0 aliphatic carbocycles. The van der Waals surface area contributed by atoms with Gasteiger partial charge in [-0.05, 0) is 12.5 Å². The fraction of sp³-hybridized carbons (Fsp3) is 0.429. The third kappa shape index (κ3) is 2.33. The zero-order valence-corrected chi connectivity index (χ0v) is 11.2. The van der Waals surface area contributed by atoms with Crippen molar-refractivity contribution >= 4 is 11.8 Å². The van der Waals surface area contributed by atoms with Gasteiger partial charge in [0.05, 0.1) is 13.2 Å². The van der Waals surface area contributed by atoms with Gasteiger partial charge in [-0.25, -0.2) is 0 Å². The van der Waals surface area contributed by atoms with Crippen LogP contribution in [0, 0.1) is 0 Å². The van der Waals surface area contributed by atoms with Crippen LogP contribution in [0.4, 0.5) is 0 Å². The fourth-order valence-electron chi connectivity index (χ4n) is 2.38. The van der Waals surface area contributed by atoms with Crippen LogP contribution in [0.2, 0.25) is 0 Å². The number of nitrogens with zero attached hydrogens (tertiary/aromatic N) is 1. The predicted molar refractivity (Wildman–Crippen MR) is 70.4 cm³/mol. The van der Waals surface area contributed by atoms with Crippen LogP contribution < -0.4 is 5.32 Å². The summed E-state index contributed by atoms with van der Waals surface area (Å²) in [6.45, 7) is 2.62. The van der Waals surface area contributed by atoms with E-state index >= 15 is 0 Å². The molecule has 0 aromatic heterocycles. The van der Waals surface area contributed by atoms with Gasteiger partial charge in [0.1, 0.15) is 5.54 Å². The largest absolute Gasteiger partial charge is 0.383 e. The van der Waals surface area contributed by atoms with Crippen molar-refractivity contribution in [2.75, 3.05) is 26.8 Å². The van der Waals surface area contributed by atoms with Crippen LogP contribution in [0.25, 0.3) is 0 Å². The Hall–Kier alpha value is -1.88. The summed E-state index contributed by atoms with van der Waals surface area (Å²) in [5.74, 6) is -0.252. The first-order valence-corrected chi connectivity index (χ1v) is 6.24. The quantitative estimate of drug-likeness (QED) is 0.860. The third-order valence-electron chi connectivity index (χ3n) is 3.54. The molecule has 2 amide bonds. The van der Waals surface area contributed by atoms with Gasteiger partial charge in [-0.3, -0.25) is 9.59 Å². The molecule has 0 bridgehead atoms. The number of rotatable bonds is 4. The van der Waals surface area contributed by atoms with E-state index in [9.17, 15) is 9.59 Å². The molecule has 1 fully saturated rings. The van der Waals surface area contributed by atoms with Crippen molar-refractivity contribution in [3.8, 4) is 0 Å². The van der Waals surface area contributed by atoms with Crippen molar-refractivity contribution in [1.29, 1.82) is 0 Å². The lowest BCUT2D eigenvalue weighted by molar-refractivity contribution is -0.154. The number of methoxy groups -OCH3 is 1. The minimum atomic E-state index is -0.977. The second kappa shape index (κ2) is 5.40. The number of nitrogens with one attached hydrogen (secondary N) is 1. The monoisotopic (exact) mass is 262 g/mol. The average Bonchev–Trinajstić information content (AvgIpc) is 2.44. The lowest BCUT2D eigenvalue weighted by Gasteiger charge is -2.43. The van der Waals surface area contributed by atoms with E-state index in [1.807, 2.05) is 30.3 Å².